The van der Waals surface area contributed by atoms with E-state index in [2.05, 4.69) is 10.1 Å². The Morgan fingerprint density at radius 3 is 2.60 bits per heavy atom. The normalized spacial score (nSPS) is 12.5. The standard InChI is InChI=1S/C28H23F3IN3O5/c1-4-39-23-13-17(12-21(32)24(23)40-16(2)27(37)38-3)15-33-35-25(18-8-7-9-19(14-18)28(29,30)31)34-22-11-6-5-10-20(22)26(35)36/h5-16H,4H2,1-3H3/t16-/m0/s1. The number of methoxy groups -OCH3 is 1. The van der Waals surface area contributed by atoms with Crippen LogP contribution in [0.3, 0.4) is 0 Å². The van der Waals surface area contributed by atoms with E-state index in [9.17, 15) is 22.8 Å². The van der Waals surface area contributed by atoms with Gasteiger partial charge >= 0.3 is 12.1 Å². The Balaban J connectivity index is 1.84. The second-order valence-electron chi connectivity index (χ2n) is 8.44. The number of nitrogens with zero attached hydrogens (tertiary/aromatic N) is 3. The summed E-state index contributed by atoms with van der Waals surface area (Å²) < 4.78 is 58.1. The molecule has 1 aromatic heterocycles. The highest BCUT2D eigenvalue weighted by molar-refractivity contribution is 14.1. The van der Waals surface area contributed by atoms with Gasteiger partial charge in [-0.15, -0.1) is 0 Å². The number of aromatic nitrogens is 2. The molecule has 3 aromatic carbocycles. The summed E-state index contributed by atoms with van der Waals surface area (Å²) in [6.45, 7) is 3.62. The van der Waals surface area contributed by atoms with Gasteiger partial charge in [0.25, 0.3) is 5.56 Å². The highest BCUT2D eigenvalue weighted by Crippen LogP contribution is 2.35. The molecule has 4 aromatic rings. The van der Waals surface area contributed by atoms with E-state index in [-0.39, 0.29) is 16.8 Å². The van der Waals surface area contributed by atoms with Crippen molar-refractivity contribution in [3.8, 4) is 22.9 Å². The number of alkyl halides is 3. The molecule has 0 amide bonds. The van der Waals surface area contributed by atoms with Crippen molar-refractivity contribution in [1.29, 1.82) is 0 Å². The van der Waals surface area contributed by atoms with Gasteiger partial charge in [-0.05, 0) is 78.4 Å². The molecule has 0 aliphatic rings. The van der Waals surface area contributed by atoms with Crippen molar-refractivity contribution in [3.63, 3.8) is 0 Å². The molecule has 4 rings (SSSR count). The molecule has 0 unspecified atom stereocenters. The number of hydrogen-bond acceptors (Lipinski definition) is 7. The molecular formula is C28H23F3IN3O5. The molecule has 208 valence electrons. The molecule has 0 fully saturated rings. The van der Waals surface area contributed by atoms with E-state index >= 15 is 0 Å². The van der Waals surface area contributed by atoms with Crippen LogP contribution in [-0.4, -0.2) is 41.7 Å². The van der Waals surface area contributed by atoms with E-state index in [1.807, 2.05) is 22.6 Å². The summed E-state index contributed by atoms with van der Waals surface area (Å²) >= 11 is 2.01. The molecule has 0 spiro atoms. The lowest BCUT2D eigenvalue weighted by molar-refractivity contribution is -0.148. The van der Waals surface area contributed by atoms with Gasteiger partial charge in [0.05, 0.1) is 40.0 Å². The van der Waals surface area contributed by atoms with Gasteiger partial charge in [-0.2, -0.15) is 22.9 Å². The van der Waals surface area contributed by atoms with Crippen LogP contribution in [0.1, 0.15) is 25.0 Å². The van der Waals surface area contributed by atoms with Crippen molar-refractivity contribution in [2.75, 3.05) is 13.7 Å². The zero-order valence-corrected chi connectivity index (χ0v) is 23.7. The van der Waals surface area contributed by atoms with Gasteiger partial charge in [-0.1, -0.05) is 24.3 Å². The molecule has 12 heteroatoms. The van der Waals surface area contributed by atoms with E-state index in [4.69, 9.17) is 14.2 Å². The first kappa shape index (κ1) is 29.1. The van der Waals surface area contributed by atoms with Gasteiger partial charge in [0, 0.05) is 5.56 Å². The van der Waals surface area contributed by atoms with E-state index in [1.165, 1.54) is 25.5 Å². The maximum Gasteiger partial charge on any atom is 0.416 e. The average Bonchev–Trinajstić information content (AvgIpc) is 2.93. The second kappa shape index (κ2) is 12.1. The van der Waals surface area contributed by atoms with Crippen LogP contribution >= 0.6 is 22.6 Å². The van der Waals surface area contributed by atoms with Gasteiger partial charge in [0.1, 0.15) is 0 Å². The van der Waals surface area contributed by atoms with Crippen molar-refractivity contribution < 1.29 is 32.2 Å². The number of halogens is 4. The van der Waals surface area contributed by atoms with Crippen molar-refractivity contribution in [2.45, 2.75) is 26.1 Å². The quantitative estimate of drug-likeness (QED) is 0.132. The summed E-state index contributed by atoms with van der Waals surface area (Å²) in [5.74, 6) is 0.0344. The van der Waals surface area contributed by atoms with E-state index in [0.717, 1.165) is 16.8 Å². The number of para-hydroxylation sites is 1. The zero-order valence-electron chi connectivity index (χ0n) is 21.5. The van der Waals surface area contributed by atoms with Crippen molar-refractivity contribution >= 4 is 45.7 Å². The van der Waals surface area contributed by atoms with Crippen LogP contribution in [0.25, 0.3) is 22.3 Å². The van der Waals surface area contributed by atoms with E-state index in [0.29, 0.717) is 32.8 Å². The van der Waals surface area contributed by atoms with Crippen molar-refractivity contribution in [2.24, 2.45) is 5.10 Å². The van der Waals surface area contributed by atoms with Crippen LogP contribution in [0.5, 0.6) is 11.5 Å². The lowest BCUT2D eigenvalue weighted by Crippen LogP contribution is -2.25. The molecule has 1 heterocycles. The Labute approximate surface area is 240 Å². The molecule has 0 saturated carbocycles. The molecule has 0 saturated heterocycles. The van der Waals surface area contributed by atoms with Crippen LogP contribution in [-0.2, 0) is 15.7 Å². The lowest BCUT2D eigenvalue weighted by Gasteiger charge is -2.18. The maximum absolute atomic E-state index is 13.4. The predicted octanol–water partition coefficient (Wildman–Crippen LogP) is 5.91. The topological polar surface area (TPSA) is 92.0 Å². The number of benzene rings is 3. The molecule has 0 aliphatic heterocycles. The monoisotopic (exact) mass is 665 g/mol. The predicted molar refractivity (Wildman–Crippen MR) is 152 cm³/mol. The third-order valence-electron chi connectivity index (χ3n) is 5.68. The first-order chi connectivity index (χ1) is 19.0. The van der Waals surface area contributed by atoms with Gasteiger partial charge in [-0.3, -0.25) is 4.79 Å². The average molecular weight is 665 g/mol. The number of carbonyl (C=O) groups is 1. The first-order valence-electron chi connectivity index (χ1n) is 12.0. The smallest absolute Gasteiger partial charge is 0.416 e. The zero-order chi connectivity index (χ0) is 29.0. The number of rotatable bonds is 8. The molecule has 0 aliphatic carbocycles. The minimum Gasteiger partial charge on any atom is -0.490 e. The highest BCUT2D eigenvalue weighted by Gasteiger charge is 2.31. The van der Waals surface area contributed by atoms with Crippen molar-refractivity contribution in [3.05, 3.63) is 85.7 Å². The van der Waals surface area contributed by atoms with Crippen LogP contribution in [0.4, 0.5) is 13.2 Å². The Morgan fingerprint density at radius 2 is 1.90 bits per heavy atom. The van der Waals surface area contributed by atoms with Crippen LogP contribution in [0.15, 0.2) is 70.6 Å². The lowest BCUT2D eigenvalue weighted by atomic mass is 10.1. The van der Waals surface area contributed by atoms with Gasteiger partial charge in [-0.25, -0.2) is 9.78 Å². The summed E-state index contributed by atoms with van der Waals surface area (Å²) in [5.41, 5.74) is -0.543. The number of esters is 1. The second-order valence-corrected chi connectivity index (χ2v) is 9.60. The van der Waals surface area contributed by atoms with Gasteiger partial charge < -0.3 is 14.2 Å². The minimum atomic E-state index is -4.58. The van der Waals surface area contributed by atoms with Crippen LogP contribution in [0.2, 0.25) is 0 Å². The third-order valence-corrected chi connectivity index (χ3v) is 6.48. The largest absolute Gasteiger partial charge is 0.490 e. The Kier molecular flexibility index (Phi) is 8.76. The fourth-order valence-electron chi connectivity index (χ4n) is 3.81. The van der Waals surface area contributed by atoms with E-state index in [1.54, 1.807) is 50.2 Å². The fourth-order valence-corrected chi connectivity index (χ4v) is 4.56. The third kappa shape index (κ3) is 6.27. The van der Waals surface area contributed by atoms with Crippen molar-refractivity contribution in [1.82, 2.24) is 9.66 Å². The molecular weight excluding hydrogens is 642 g/mol. The summed E-state index contributed by atoms with van der Waals surface area (Å²) in [5, 5.41) is 4.58. The number of carbonyl (C=O) groups excluding carboxylic acids is 1. The maximum atomic E-state index is 13.4. The molecule has 8 nitrogen and oxygen atoms in total. The van der Waals surface area contributed by atoms with Gasteiger partial charge in [0.2, 0.25) is 0 Å². The minimum absolute atomic E-state index is 0.0577. The van der Waals surface area contributed by atoms with E-state index < -0.39 is 29.4 Å². The molecule has 0 radical (unpaired) electrons. The van der Waals surface area contributed by atoms with Crippen LogP contribution < -0.4 is 15.0 Å². The molecule has 0 N–H and O–H groups in total. The Bertz CT molecular complexity index is 1650. The number of ether oxygens (including phenoxy) is 3. The SMILES string of the molecule is CCOc1cc(C=Nn2c(-c3cccc(C(F)(F)F)c3)nc3ccccc3c2=O)cc(I)c1O[C@@H](C)C(=O)OC. The molecule has 1 atom stereocenters. The molecule has 0 bridgehead atoms. The highest BCUT2D eigenvalue weighted by atomic mass is 127. The Morgan fingerprint density at radius 1 is 1.15 bits per heavy atom. The first-order valence-corrected chi connectivity index (χ1v) is 13.1. The van der Waals surface area contributed by atoms with Crippen LogP contribution in [0, 0.1) is 3.57 Å². The summed E-state index contributed by atoms with van der Waals surface area (Å²) in [7, 11) is 1.26. The summed E-state index contributed by atoms with van der Waals surface area (Å²) in [6.07, 6.45) is -4.11. The number of hydrogen-bond donors (Lipinski definition) is 0. The number of fused-ring (bicyclic) bond motifs is 1. The summed E-state index contributed by atoms with van der Waals surface area (Å²) in [4.78, 5) is 29.8. The summed E-state index contributed by atoms with van der Waals surface area (Å²) in [6, 6.07) is 14.4. The fraction of sp³-hybridized carbons (Fsp3) is 0.214. The molecule has 40 heavy (non-hydrogen) atoms. The van der Waals surface area contributed by atoms with Gasteiger partial charge in [0.15, 0.2) is 23.4 Å². The Hall–Kier alpha value is -3.94.